The van der Waals surface area contributed by atoms with Crippen LogP contribution in [0.2, 0.25) is 0 Å². The number of nitrogens with one attached hydrogen (secondary N) is 2. The number of carbonyl (C=O) groups excluding carboxylic acids is 1. The number of amides is 1. The van der Waals surface area contributed by atoms with Crippen molar-refractivity contribution < 1.29 is 18.0 Å². The lowest BCUT2D eigenvalue weighted by molar-refractivity contribution is -0.144. The van der Waals surface area contributed by atoms with E-state index in [9.17, 15) is 18.0 Å². The molecule has 188 valence electrons. The van der Waals surface area contributed by atoms with Crippen LogP contribution in [0.3, 0.4) is 0 Å². The van der Waals surface area contributed by atoms with Gasteiger partial charge in [0.25, 0.3) is 0 Å². The van der Waals surface area contributed by atoms with Crippen LogP contribution in [0.1, 0.15) is 29.8 Å². The number of fused-ring (bicyclic) bond motifs is 1. The second-order valence-electron chi connectivity index (χ2n) is 8.91. The van der Waals surface area contributed by atoms with E-state index in [2.05, 4.69) is 26.3 Å². The van der Waals surface area contributed by atoms with Gasteiger partial charge in [0.05, 0.1) is 17.3 Å². The Hall–Kier alpha value is -4.39. The zero-order chi connectivity index (χ0) is 26.0. The standard InChI is InChI=1S/C27H23F3N6O/c28-27(29,30)26-34-22(19-7-8-21-20(14-19)10-12-32-21)15-24(35-26)36-13-1-2-23(36)25(37)33-11-9-17-3-5-18(16-31)6-4-17/h3-8,10,12,14-15,23,32H,1-2,9,11,13H2,(H,33,37)/t23-/m0/s1. The minimum Gasteiger partial charge on any atom is -0.361 e. The molecular weight excluding hydrogens is 481 g/mol. The maximum Gasteiger partial charge on any atom is 0.451 e. The zero-order valence-corrected chi connectivity index (χ0v) is 19.7. The van der Waals surface area contributed by atoms with Crippen molar-refractivity contribution in [2.75, 3.05) is 18.0 Å². The van der Waals surface area contributed by atoms with Gasteiger partial charge in [-0.1, -0.05) is 18.2 Å². The Labute approximate surface area is 211 Å². The number of nitrogens with zero attached hydrogens (tertiary/aromatic N) is 4. The highest BCUT2D eigenvalue weighted by atomic mass is 19.4. The van der Waals surface area contributed by atoms with Gasteiger partial charge >= 0.3 is 6.18 Å². The van der Waals surface area contributed by atoms with Gasteiger partial charge in [-0.2, -0.15) is 18.4 Å². The summed E-state index contributed by atoms with van der Waals surface area (Å²) >= 11 is 0. The molecule has 5 rings (SSSR count). The van der Waals surface area contributed by atoms with E-state index < -0.39 is 18.0 Å². The molecule has 0 radical (unpaired) electrons. The summed E-state index contributed by atoms with van der Waals surface area (Å²) in [4.78, 5) is 25.3. The molecule has 1 aliphatic heterocycles. The predicted octanol–water partition coefficient (Wildman–Crippen LogP) is 4.84. The van der Waals surface area contributed by atoms with E-state index in [1.807, 2.05) is 18.2 Å². The Morgan fingerprint density at radius 2 is 1.95 bits per heavy atom. The summed E-state index contributed by atoms with van der Waals surface area (Å²) in [6.07, 6.45) is -1.23. The van der Waals surface area contributed by atoms with Crippen LogP contribution >= 0.6 is 0 Å². The molecule has 2 N–H and O–H groups in total. The van der Waals surface area contributed by atoms with Crippen molar-refractivity contribution in [1.29, 1.82) is 5.26 Å². The number of aromatic amines is 1. The van der Waals surface area contributed by atoms with E-state index in [1.165, 1.54) is 6.07 Å². The fourth-order valence-corrected chi connectivity index (χ4v) is 4.58. The van der Waals surface area contributed by atoms with Gasteiger partial charge in [0.2, 0.25) is 11.7 Å². The number of hydrogen-bond acceptors (Lipinski definition) is 5. The van der Waals surface area contributed by atoms with E-state index in [0.717, 1.165) is 16.5 Å². The zero-order valence-electron chi connectivity index (χ0n) is 19.7. The molecule has 1 saturated heterocycles. The van der Waals surface area contributed by atoms with Crippen molar-refractivity contribution in [2.24, 2.45) is 0 Å². The minimum atomic E-state index is -4.73. The van der Waals surface area contributed by atoms with Crippen LogP contribution in [0.25, 0.3) is 22.2 Å². The average Bonchev–Trinajstić information content (AvgIpc) is 3.58. The fraction of sp³-hybridized carbons (Fsp3) is 0.259. The number of rotatable bonds is 6. The molecule has 0 aliphatic carbocycles. The van der Waals surface area contributed by atoms with Crippen LogP contribution < -0.4 is 10.2 Å². The summed E-state index contributed by atoms with van der Waals surface area (Å²) in [5.41, 5.74) is 3.07. The number of anilines is 1. The Morgan fingerprint density at radius 3 is 2.70 bits per heavy atom. The highest BCUT2D eigenvalue weighted by molar-refractivity contribution is 5.87. The second kappa shape index (κ2) is 9.93. The van der Waals surface area contributed by atoms with E-state index in [-0.39, 0.29) is 17.4 Å². The van der Waals surface area contributed by atoms with Crippen molar-refractivity contribution in [1.82, 2.24) is 20.3 Å². The molecule has 3 heterocycles. The Morgan fingerprint density at radius 1 is 1.14 bits per heavy atom. The normalized spacial score (nSPS) is 15.6. The van der Waals surface area contributed by atoms with Crippen LogP contribution in [-0.2, 0) is 17.4 Å². The van der Waals surface area contributed by atoms with Crippen molar-refractivity contribution in [3.63, 3.8) is 0 Å². The van der Waals surface area contributed by atoms with Crippen LogP contribution in [0.15, 0.2) is 60.8 Å². The number of nitriles is 1. The van der Waals surface area contributed by atoms with E-state index in [4.69, 9.17) is 5.26 Å². The highest BCUT2D eigenvalue weighted by Gasteiger charge is 2.38. The van der Waals surface area contributed by atoms with Crippen molar-refractivity contribution in [3.8, 4) is 17.3 Å². The second-order valence-corrected chi connectivity index (χ2v) is 8.91. The number of alkyl halides is 3. The minimum absolute atomic E-state index is 0.0798. The maximum atomic E-state index is 13.7. The first-order chi connectivity index (χ1) is 17.8. The molecule has 0 bridgehead atoms. The van der Waals surface area contributed by atoms with Gasteiger partial charge in [-0.25, -0.2) is 9.97 Å². The third-order valence-corrected chi connectivity index (χ3v) is 6.46. The Kier molecular flexibility index (Phi) is 6.53. The predicted molar refractivity (Wildman–Crippen MR) is 133 cm³/mol. The molecule has 0 unspecified atom stereocenters. The number of hydrogen-bond donors (Lipinski definition) is 2. The molecule has 1 fully saturated rings. The first-order valence-corrected chi connectivity index (χ1v) is 11.9. The molecule has 0 saturated carbocycles. The summed E-state index contributed by atoms with van der Waals surface area (Å²) < 4.78 is 41.2. The summed E-state index contributed by atoms with van der Waals surface area (Å²) in [7, 11) is 0. The maximum absolute atomic E-state index is 13.7. The van der Waals surface area contributed by atoms with Gasteiger partial charge in [0.15, 0.2) is 0 Å². The smallest absolute Gasteiger partial charge is 0.361 e. The van der Waals surface area contributed by atoms with Gasteiger partial charge in [0.1, 0.15) is 11.9 Å². The van der Waals surface area contributed by atoms with Gasteiger partial charge in [-0.05, 0) is 55.2 Å². The van der Waals surface area contributed by atoms with Gasteiger partial charge < -0.3 is 15.2 Å². The molecule has 1 amide bonds. The van der Waals surface area contributed by atoms with Crippen molar-refractivity contribution >= 4 is 22.6 Å². The molecule has 7 nitrogen and oxygen atoms in total. The van der Waals surface area contributed by atoms with Gasteiger partial charge in [-0.15, -0.1) is 0 Å². The first kappa shape index (κ1) is 24.3. The summed E-state index contributed by atoms with van der Waals surface area (Å²) in [5, 5.41) is 12.7. The Balaban J connectivity index is 1.37. The van der Waals surface area contributed by atoms with E-state index >= 15 is 0 Å². The molecule has 10 heteroatoms. The third-order valence-electron chi connectivity index (χ3n) is 6.46. The highest BCUT2D eigenvalue weighted by Crippen LogP contribution is 2.34. The van der Waals surface area contributed by atoms with Crippen LogP contribution in [0.4, 0.5) is 19.0 Å². The molecule has 0 spiro atoms. The van der Waals surface area contributed by atoms with Crippen molar-refractivity contribution in [2.45, 2.75) is 31.5 Å². The van der Waals surface area contributed by atoms with Gasteiger partial charge in [-0.3, -0.25) is 4.79 Å². The largest absolute Gasteiger partial charge is 0.451 e. The van der Waals surface area contributed by atoms with E-state index in [1.54, 1.807) is 41.4 Å². The van der Waals surface area contributed by atoms with Crippen LogP contribution in [-0.4, -0.2) is 40.0 Å². The monoisotopic (exact) mass is 504 g/mol. The quantitative estimate of drug-likeness (QED) is 0.392. The number of H-pyrrole nitrogens is 1. The fourth-order valence-electron chi connectivity index (χ4n) is 4.58. The van der Waals surface area contributed by atoms with Crippen LogP contribution in [0, 0.1) is 11.3 Å². The van der Waals surface area contributed by atoms with E-state index in [0.29, 0.717) is 43.5 Å². The summed E-state index contributed by atoms with van der Waals surface area (Å²) in [5.74, 6) is -1.41. The average molecular weight is 505 g/mol. The molecule has 4 aromatic rings. The SMILES string of the molecule is N#Cc1ccc(CCNC(=O)[C@@H]2CCCN2c2cc(-c3ccc4[nH]ccc4c3)nc(C(F)(F)F)n2)cc1. The number of aromatic nitrogens is 3. The number of carbonyl (C=O) groups is 1. The molecular formula is C27H23F3N6O. The lowest BCUT2D eigenvalue weighted by Gasteiger charge is -2.26. The molecule has 37 heavy (non-hydrogen) atoms. The summed E-state index contributed by atoms with van der Waals surface area (Å²) in [6, 6.07) is 17.2. The number of halogens is 3. The van der Waals surface area contributed by atoms with Crippen LogP contribution in [0.5, 0.6) is 0 Å². The molecule has 1 aliphatic rings. The Bertz CT molecular complexity index is 1470. The first-order valence-electron chi connectivity index (χ1n) is 11.9. The third kappa shape index (κ3) is 5.26. The van der Waals surface area contributed by atoms with Crippen molar-refractivity contribution in [3.05, 3.63) is 77.7 Å². The lowest BCUT2D eigenvalue weighted by atomic mass is 10.1. The molecule has 2 aromatic heterocycles. The number of benzene rings is 2. The molecule has 2 aromatic carbocycles. The lowest BCUT2D eigenvalue weighted by Crippen LogP contribution is -2.44. The molecule has 1 atom stereocenters. The summed E-state index contributed by atoms with van der Waals surface area (Å²) in [6.45, 7) is 0.785. The van der Waals surface area contributed by atoms with Gasteiger partial charge in [0, 0.05) is 41.8 Å². The topological polar surface area (TPSA) is 97.7 Å².